The molecule has 2 aromatic rings. The Morgan fingerprint density at radius 2 is 1.78 bits per heavy atom. The lowest BCUT2D eigenvalue weighted by atomic mass is 9.83. The van der Waals surface area contributed by atoms with Gasteiger partial charge >= 0.3 is 0 Å². The van der Waals surface area contributed by atoms with E-state index in [1.165, 1.54) is 5.56 Å². The first-order chi connectivity index (χ1) is 11.3. The van der Waals surface area contributed by atoms with E-state index in [1.807, 2.05) is 36.4 Å². The van der Waals surface area contributed by atoms with Gasteiger partial charge in [0, 0.05) is 11.7 Å². The molecule has 1 aliphatic heterocycles. The maximum absolute atomic E-state index is 9.77. The van der Waals surface area contributed by atoms with Gasteiger partial charge in [0.15, 0.2) is 0 Å². The number of nitrogens with zero attached hydrogens (tertiary/aromatic N) is 1. The molecule has 0 saturated carbocycles. The largest absolute Gasteiger partial charge is 0.367 e. The van der Waals surface area contributed by atoms with Gasteiger partial charge in [-0.3, -0.25) is 0 Å². The highest BCUT2D eigenvalue weighted by Crippen LogP contribution is 2.27. The number of nitrogens with one attached hydrogen (secondary N) is 2. The van der Waals surface area contributed by atoms with Gasteiger partial charge in [0.05, 0.1) is 6.07 Å². The molecule has 3 nitrogen and oxygen atoms in total. The fourth-order valence-electron chi connectivity index (χ4n) is 3.32. The van der Waals surface area contributed by atoms with Crippen molar-refractivity contribution in [3.05, 3.63) is 66.2 Å². The van der Waals surface area contributed by atoms with Crippen molar-refractivity contribution in [2.24, 2.45) is 0 Å². The monoisotopic (exact) mass is 305 g/mol. The lowest BCUT2D eigenvalue weighted by molar-refractivity contribution is 0.315. The molecular formula is C20H23N3. The molecule has 1 saturated heterocycles. The van der Waals surface area contributed by atoms with Crippen molar-refractivity contribution in [2.75, 3.05) is 11.9 Å². The standard InChI is InChI=1S/C20H23N3/c21-16-20(23-18-9-5-2-6-10-18)13-14-22-19(15-20)12-11-17-7-3-1-4-8-17/h1-10,19,22-23H,11-15H2. The summed E-state index contributed by atoms with van der Waals surface area (Å²) in [5, 5.41) is 16.8. The molecule has 0 bridgehead atoms. The Hall–Kier alpha value is -2.31. The smallest absolute Gasteiger partial charge is 0.128 e. The molecule has 0 aromatic heterocycles. The van der Waals surface area contributed by atoms with E-state index in [0.29, 0.717) is 6.04 Å². The molecule has 118 valence electrons. The quantitative estimate of drug-likeness (QED) is 0.884. The summed E-state index contributed by atoms with van der Waals surface area (Å²) in [7, 11) is 0. The number of hydrogen-bond acceptors (Lipinski definition) is 3. The van der Waals surface area contributed by atoms with E-state index >= 15 is 0 Å². The van der Waals surface area contributed by atoms with Crippen LogP contribution in [0, 0.1) is 11.3 Å². The first kappa shape index (κ1) is 15.6. The summed E-state index contributed by atoms with van der Waals surface area (Å²) in [5.41, 5.74) is 1.92. The van der Waals surface area contributed by atoms with Crippen LogP contribution in [0.4, 0.5) is 5.69 Å². The first-order valence-electron chi connectivity index (χ1n) is 8.31. The number of hydrogen-bond donors (Lipinski definition) is 2. The van der Waals surface area contributed by atoms with Crippen LogP contribution in [0.25, 0.3) is 0 Å². The minimum Gasteiger partial charge on any atom is -0.367 e. The molecule has 0 spiro atoms. The molecule has 23 heavy (non-hydrogen) atoms. The van der Waals surface area contributed by atoms with Crippen LogP contribution in [0.3, 0.4) is 0 Å². The summed E-state index contributed by atoms with van der Waals surface area (Å²) < 4.78 is 0. The van der Waals surface area contributed by atoms with E-state index in [4.69, 9.17) is 0 Å². The summed E-state index contributed by atoms with van der Waals surface area (Å²) in [6, 6.07) is 23.5. The predicted molar refractivity (Wildman–Crippen MR) is 94.2 cm³/mol. The molecule has 2 unspecified atom stereocenters. The van der Waals surface area contributed by atoms with Gasteiger partial charge in [0.25, 0.3) is 0 Å². The van der Waals surface area contributed by atoms with Gasteiger partial charge in [-0.2, -0.15) is 5.26 Å². The predicted octanol–water partition coefficient (Wildman–Crippen LogP) is 3.75. The summed E-state index contributed by atoms with van der Waals surface area (Å²) in [6.07, 6.45) is 3.78. The Kier molecular flexibility index (Phi) is 4.95. The van der Waals surface area contributed by atoms with Crippen molar-refractivity contribution in [1.82, 2.24) is 5.32 Å². The maximum atomic E-state index is 9.77. The number of piperidine rings is 1. The number of rotatable bonds is 5. The maximum Gasteiger partial charge on any atom is 0.128 e. The Bertz CT molecular complexity index is 648. The van der Waals surface area contributed by atoms with Gasteiger partial charge in [0.1, 0.15) is 5.54 Å². The van der Waals surface area contributed by atoms with E-state index in [1.54, 1.807) is 0 Å². The molecule has 1 aliphatic rings. The SMILES string of the molecule is N#CC1(Nc2ccccc2)CCNC(CCc2ccccc2)C1. The van der Waals surface area contributed by atoms with Crippen LogP contribution < -0.4 is 10.6 Å². The third-order valence-corrected chi connectivity index (χ3v) is 4.58. The second-order valence-electron chi connectivity index (χ2n) is 6.31. The fourth-order valence-corrected chi connectivity index (χ4v) is 3.32. The van der Waals surface area contributed by atoms with Crippen LogP contribution in [-0.4, -0.2) is 18.1 Å². The zero-order valence-corrected chi connectivity index (χ0v) is 13.3. The third-order valence-electron chi connectivity index (χ3n) is 4.58. The number of nitriles is 1. The van der Waals surface area contributed by atoms with Crippen LogP contribution in [0.15, 0.2) is 60.7 Å². The van der Waals surface area contributed by atoms with Crippen molar-refractivity contribution in [3.63, 3.8) is 0 Å². The van der Waals surface area contributed by atoms with Crippen molar-refractivity contribution >= 4 is 5.69 Å². The summed E-state index contributed by atoms with van der Waals surface area (Å²) in [5.74, 6) is 0. The molecule has 3 heteroatoms. The van der Waals surface area contributed by atoms with E-state index in [9.17, 15) is 5.26 Å². The lowest BCUT2D eigenvalue weighted by Gasteiger charge is -2.38. The van der Waals surface area contributed by atoms with Crippen LogP contribution in [-0.2, 0) is 6.42 Å². The van der Waals surface area contributed by atoms with Gasteiger partial charge in [-0.25, -0.2) is 0 Å². The van der Waals surface area contributed by atoms with Crippen molar-refractivity contribution in [1.29, 1.82) is 5.26 Å². The van der Waals surface area contributed by atoms with Crippen LogP contribution in [0.2, 0.25) is 0 Å². The number of benzene rings is 2. The molecular weight excluding hydrogens is 282 g/mol. The average molecular weight is 305 g/mol. The average Bonchev–Trinajstić information content (AvgIpc) is 2.62. The number of para-hydroxylation sites is 1. The fraction of sp³-hybridized carbons (Fsp3) is 0.350. The molecule has 3 rings (SSSR count). The van der Waals surface area contributed by atoms with E-state index in [-0.39, 0.29) is 0 Å². The second kappa shape index (κ2) is 7.30. The molecule has 1 fully saturated rings. The van der Waals surface area contributed by atoms with Gasteiger partial charge in [0.2, 0.25) is 0 Å². The molecule has 0 amide bonds. The minimum absolute atomic E-state index is 0.375. The highest BCUT2D eigenvalue weighted by atomic mass is 15.0. The Morgan fingerprint density at radius 1 is 1.09 bits per heavy atom. The molecule has 0 aliphatic carbocycles. The number of anilines is 1. The summed E-state index contributed by atoms with van der Waals surface area (Å²) in [6.45, 7) is 0.882. The highest BCUT2D eigenvalue weighted by Gasteiger charge is 2.36. The van der Waals surface area contributed by atoms with E-state index in [0.717, 1.165) is 37.9 Å². The van der Waals surface area contributed by atoms with Gasteiger partial charge in [-0.05, 0) is 49.9 Å². The van der Waals surface area contributed by atoms with Crippen LogP contribution in [0.5, 0.6) is 0 Å². The zero-order valence-electron chi connectivity index (χ0n) is 13.3. The molecule has 0 radical (unpaired) electrons. The first-order valence-corrected chi connectivity index (χ1v) is 8.31. The summed E-state index contributed by atoms with van der Waals surface area (Å²) >= 11 is 0. The number of aryl methyl sites for hydroxylation is 1. The van der Waals surface area contributed by atoms with Gasteiger partial charge in [-0.15, -0.1) is 0 Å². The Labute approximate surface area is 138 Å². The minimum atomic E-state index is -0.464. The lowest BCUT2D eigenvalue weighted by Crippen LogP contribution is -2.51. The third kappa shape index (κ3) is 4.12. The Morgan fingerprint density at radius 3 is 2.48 bits per heavy atom. The summed E-state index contributed by atoms with van der Waals surface area (Å²) in [4.78, 5) is 0. The van der Waals surface area contributed by atoms with Crippen LogP contribution >= 0.6 is 0 Å². The highest BCUT2D eigenvalue weighted by molar-refractivity contribution is 5.47. The van der Waals surface area contributed by atoms with Crippen molar-refractivity contribution in [3.8, 4) is 6.07 Å². The van der Waals surface area contributed by atoms with Gasteiger partial charge in [-0.1, -0.05) is 48.5 Å². The molecule has 2 atom stereocenters. The topological polar surface area (TPSA) is 47.9 Å². The molecule has 2 aromatic carbocycles. The van der Waals surface area contributed by atoms with E-state index in [2.05, 4.69) is 41.0 Å². The normalized spacial score (nSPS) is 23.9. The van der Waals surface area contributed by atoms with E-state index < -0.39 is 5.54 Å². The zero-order chi connectivity index (χ0) is 16.0. The van der Waals surface area contributed by atoms with Crippen LogP contribution in [0.1, 0.15) is 24.8 Å². The van der Waals surface area contributed by atoms with Crippen molar-refractivity contribution < 1.29 is 0 Å². The molecule has 2 N–H and O–H groups in total. The van der Waals surface area contributed by atoms with Gasteiger partial charge < -0.3 is 10.6 Å². The second-order valence-corrected chi connectivity index (χ2v) is 6.31. The van der Waals surface area contributed by atoms with Crippen molar-refractivity contribution in [2.45, 2.75) is 37.3 Å². The molecule has 1 heterocycles. The Balaban J connectivity index is 1.63.